The molecule has 0 aliphatic rings. The Balaban J connectivity index is 1.73. The molecule has 0 saturated carbocycles. The van der Waals surface area contributed by atoms with E-state index in [1.807, 2.05) is 12.1 Å². The minimum atomic E-state index is -0.242. The summed E-state index contributed by atoms with van der Waals surface area (Å²) >= 11 is 0. The highest BCUT2D eigenvalue weighted by Crippen LogP contribution is 2.27. The average molecular weight is 444 g/mol. The molecular formula is C24H27BN5O3. The third-order valence-corrected chi connectivity index (χ3v) is 5.03. The van der Waals surface area contributed by atoms with Gasteiger partial charge in [-0.05, 0) is 60.0 Å². The van der Waals surface area contributed by atoms with Crippen molar-refractivity contribution >= 4 is 47.9 Å². The van der Waals surface area contributed by atoms with Crippen LogP contribution in [0.5, 0.6) is 0 Å². The van der Waals surface area contributed by atoms with Crippen molar-refractivity contribution in [2.45, 2.75) is 19.8 Å². The fourth-order valence-corrected chi connectivity index (χ4v) is 3.21. The number of carbonyl (C=O) groups excluding carboxylic acids is 2. The van der Waals surface area contributed by atoms with Crippen molar-refractivity contribution < 1.29 is 14.2 Å². The second kappa shape index (κ2) is 11.1. The largest absolute Gasteiger partial charge is 0.436 e. The lowest BCUT2D eigenvalue weighted by molar-refractivity contribution is -0.115. The van der Waals surface area contributed by atoms with E-state index in [1.54, 1.807) is 48.5 Å². The molecule has 0 unspecified atom stereocenters. The van der Waals surface area contributed by atoms with E-state index in [4.69, 9.17) is 16.1 Å². The van der Waals surface area contributed by atoms with Crippen molar-refractivity contribution in [1.82, 2.24) is 0 Å². The first kappa shape index (κ1) is 23.7. The number of nitrogen functional groups attached to an aromatic ring is 2. The standard InChI is InChI=1S/C24H27BN5O3/c1-3-15-4-6-16(7-5-15)24(32)29-21-11-10-19(14-22(21)30-25-33-2)28-23(31)12-17-8-9-18(26)13-20(17)27/h4-11,13-14,30H,3,12,26-27H2,1-2H3,(H,28,31)(H,29,32). The summed E-state index contributed by atoms with van der Waals surface area (Å²) < 4.78 is 4.98. The lowest BCUT2D eigenvalue weighted by atomic mass is 10.1. The summed E-state index contributed by atoms with van der Waals surface area (Å²) in [5, 5.41) is 8.70. The molecule has 0 saturated heterocycles. The maximum Gasteiger partial charge on any atom is 0.436 e. The molecule has 0 heterocycles. The van der Waals surface area contributed by atoms with E-state index >= 15 is 0 Å². The highest BCUT2D eigenvalue weighted by molar-refractivity contribution is 6.33. The number of carbonyl (C=O) groups is 2. The normalized spacial score (nSPS) is 10.4. The minimum Gasteiger partial charge on any atom is -0.422 e. The van der Waals surface area contributed by atoms with Gasteiger partial charge in [0, 0.05) is 35.4 Å². The predicted octanol–water partition coefficient (Wildman–Crippen LogP) is 3.44. The topological polar surface area (TPSA) is 132 Å². The summed E-state index contributed by atoms with van der Waals surface area (Å²) in [7, 11) is 2.88. The number of anilines is 5. The van der Waals surface area contributed by atoms with Gasteiger partial charge in [0.15, 0.2) is 0 Å². The molecule has 3 aromatic carbocycles. The first-order chi connectivity index (χ1) is 15.9. The Morgan fingerprint density at radius 1 is 0.939 bits per heavy atom. The number of hydrogen-bond acceptors (Lipinski definition) is 6. The van der Waals surface area contributed by atoms with Gasteiger partial charge in [0.1, 0.15) is 0 Å². The number of aryl methyl sites for hydroxylation is 1. The maximum atomic E-state index is 12.7. The van der Waals surface area contributed by atoms with E-state index in [9.17, 15) is 9.59 Å². The molecule has 1 radical (unpaired) electrons. The van der Waals surface area contributed by atoms with Crippen molar-refractivity contribution in [3.05, 3.63) is 77.4 Å². The maximum absolute atomic E-state index is 12.7. The van der Waals surface area contributed by atoms with Crippen LogP contribution in [0.3, 0.4) is 0 Å². The fourth-order valence-electron chi connectivity index (χ4n) is 3.21. The molecule has 33 heavy (non-hydrogen) atoms. The van der Waals surface area contributed by atoms with Crippen molar-refractivity contribution in [2.75, 3.05) is 34.4 Å². The van der Waals surface area contributed by atoms with Gasteiger partial charge >= 0.3 is 7.62 Å². The van der Waals surface area contributed by atoms with Gasteiger partial charge in [0.2, 0.25) is 5.91 Å². The first-order valence-electron chi connectivity index (χ1n) is 10.5. The average Bonchev–Trinajstić information content (AvgIpc) is 2.81. The van der Waals surface area contributed by atoms with Crippen molar-refractivity contribution in [1.29, 1.82) is 0 Å². The Morgan fingerprint density at radius 3 is 2.36 bits per heavy atom. The molecule has 0 bridgehead atoms. The molecule has 0 aliphatic heterocycles. The predicted molar refractivity (Wildman–Crippen MR) is 134 cm³/mol. The van der Waals surface area contributed by atoms with Gasteiger partial charge in [-0.15, -0.1) is 0 Å². The van der Waals surface area contributed by atoms with E-state index in [0.717, 1.165) is 12.0 Å². The molecule has 2 amide bonds. The molecule has 169 valence electrons. The van der Waals surface area contributed by atoms with E-state index in [-0.39, 0.29) is 18.2 Å². The van der Waals surface area contributed by atoms with Crippen LogP contribution in [0.15, 0.2) is 60.7 Å². The lowest BCUT2D eigenvalue weighted by Crippen LogP contribution is -2.18. The van der Waals surface area contributed by atoms with E-state index < -0.39 is 0 Å². The van der Waals surface area contributed by atoms with Gasteiger partial charge in [0.05, 0.1) is 12.1 Å². The second-order valence-corrected chi connectivity index (χ2v) is 7.45. The van der Waals surface area contributed by atoms with Crippen LogP contribution in [-0.4, -0.2) is 26.5 Å². The first-order valence-corrected chi connectivity index (χ1v) is 10.5. The van der Waals surface area contributed by atoms with Crippen LogP contribution >= 0.6 is 0 Å². The van der Waals surface area contributed by atoms with Crippen LogP contribution < -0.4 is 27.3 Å². The summed E-state index contributed by atoms with van der Waals surface area (Å²) in [6.07, 6.45) is 1.01. The molecule has 3 rings (SSSR count). The minimum absolute atomic E-state index is 0.102. The molecule has 0 atom stereocenters. The molecule has 0 fully saturated rings. The molecule has 0 spiro atoms. The van der Waals surface area contributed by atoms with Crippen molar-refractivity contribution in [3.8, 4) is 0 Å². The smallest absolute Gasteiger partial charge is 0.422 e. The second-order valence-electron chi connectivity index (χ2n) is 7.45. The van der Waals surface area contributed by atoms with Crippen LogP contribution in [-0.2, 0) is 22.3 Å². The van der Waals surface area contributed by atoms with Crippen LogP contribution in [0.4, 0.5) is 28.4 Å². The molecule has 8 nitrogen and oxygen atoms in total. The number of nitrogens with one attached hydrogen (secondary N) is 3. The van der Waals surface area contributed by atoms with Gasteiger partial charge in [-0.3, -0.25) is 9.59 Å². The lowest BCUT2D eigenvalue weighted by Gasteiger charge is -2.15. The number of hydrogen-bond donors (Lipinski definition) is 5. The van der Waals surface area contributed by atoms with Crippen LogP contribution in [0.2, 0.25) is 0 Å². The van der Waals surface area contributed by atoms with Crippen LogP contribution in [0, 0.1) is 0 Å². The number of rotatable bonds is 9. The highest BCUT2D eigenvalue weighted by Gasteiger charge is 2.13. The Bertz CT molecular complexity index is 1140. The summed E-state index contributed by atoms with van der Waals surface area (Å²) in [5.41, 5.74) is 16.7. The van der Waals surface area contributed by atoms with Crippen molar-refractivity contribution in [3.63, 3.8) is 0 Å². The Labute approximate surface area is 194 Å². The number of benzene rings is 3. The van der Waals surface area contributed by atoms with E-state index in [2.05, 4.69) is 22.8 Å². The fraction of sp³-hybridized carbons (Fsp3) is 0.167. The zero-order valence-corrected chi connectivity index (χ0v) is 18.6. The van der Waals surface area contributed by atoms with Crippen LogP contribution in [0.1, 0.15) is 28.4 Å². The monoisotopic (exact) mass is 444 g/mol. The van der Waals surface area contributed by atoms with Crippen molar-refractivity contribution in [2.24, 2.45) is 0 Å². The third kappa shape index (κ3) is 6.50. The molecule has 3 aromatic rings. The van der Waals surface area contributed by atoms with E-state index in [0.29, 0.717) is 39.6 Å². The number of nitrogens with two attached hydrogens (primary N) is 2. The summed E-state index contributed by atoms with van der Waals surface area (Å²) in [5.74, 6) is -0.477. The summed E-state index contributed by atoms with van der Waals surface area (Å²) in [4.78, 5) is 25.2. The zero-order chi connectivity index (χ0) is 23.8. The molecule has 7 N–H and O–H groups in total. The summed E-state index contributed by atoms with van der Waals surface area (Å²) in [6, 6.07) is 17.6. The Hall–Kier alpha value is -3.98. The van der Waals surface area contributed by atoms with Gasteiger partial charge in [0.25, 0.3) is 5.91 Å². The van der Waals surface area contributed by atoms with Gasteiger partial charge in [-0.1, -0.05) is 25.1 Å². The molecular weight excluding hydrogens is 417 g/mol. The Morgan fingerprint density at radius 2 is 1.70 bits per heavy atom. The Kier molecular flexibility index (Phi) is 7.94. The van der Waals surface area contributed by atoms with Gasteiger partial charge in [-0.2, -0.15) is 0 Å². The SMILES string of the molecule is CCc1ccc(C(=O)Nc2ccc(NC(=O)Cc3ccc(N)cc3N)cc2N[B]OC)cc1. The van der Waals surface area contributed by atoms with Crippen LogP contribution in [0.25, 0.3) is 0 Å². The third-order valence-electron chi connectivity index (χ3n) is 5.03. The highest BCUT2D eigenvalue weighted by atomic mass is 16.4. The summed E-state index contributed by atoms with van der Waals surface area (Å²) in [6.45, 7) is 2.06. The molecule has 9 heteroatoms. The molecule has 0 aromatic heterocycles. The van der Waals surface area contributed by atoms with E-state index in [1.165, 1.54) is 14.7 Å². The van der Waals surface area contributed by atoms with Gasteiger partial charge in [-0.25, -0.2) is 0 Å². The molecule has 0 aliphatic carbocycles. The number of amides is 2. The quantitative estimate of drug-likeness (QED) is 0.254. The zero-order valence-electron chi connectivity index (χ0n) is 18.6. The van der Waals surface area contributed by atoms with Gasteiger partial charge < -0.3 is 32.0 Å².